The summed E-state index contributed by atoms with van der Waals surface area (Å²) in [4.78, 5) is 19.9. The Morgan fingerprint density at radius 1 is 0.520 bits per heavy atom. The van der Waals surface area contributed by atoms with Crippen LogP contribution in [-0.4, -0.2) is 19.9 Å². The summed E-state index contributed by atoms with van der Waals surface area (Å²) in [6.07, 6.45) is 20.4. The molecule has 0 spiro atoms. The minimum absolute atomic E-state index is 0.206. The van der Waals surface area contributed by atoms with Gasteiger partial charge in [0, 0.05) is 40.6 Å². The number of hydrogen-bond acceptors (Lipinski definition) is 4. The van der Waals surface area contributed by atoms with Gasteiger partial charge in [-0.3, -0.25) is 4.98 Å². The van der Waals surface area contributed by atoms with Crippen molar-refractivity contribution < 1.29 is 0 Å². The van der Waals surface area contributed by atoms with Gasteiger partial charge in [0.25, 0.3) is 0 Å². The van der Waals surface area contributed by atoms with Crippen LogP contribution in [0.25, 0.3) is 72.1 Å². The van der Waals surface area contributed by atoms with Crippen LogP contribution in [0.5, 0.6) is 0 Å². The zero-order chi connectivity index (χ0) is 33.3. The maximum absolute atomic E-state index is 5.23. The monoisotopic (exact) mass is 642 g/mol. The summed E-state index contributed by atoms with van der Waals surface area (Å²) < 4.78 is 0. The SMILES string of the molecule is C1=CCC(C2=CCCC=C2)C(c2nc(-c3ccccc3)nc(-c3cccc(-c4c5ccccc5c(-c5cccnc5)c5ccccc45)c3)n2)=C1. The fourth-order valence-corrected chi connectivity index (χ4v) is 7.49. The van der Waals surface area contributed by atoms with Crippen LogP contribution >= 0.6 is 0 Å². The molecule has 2 aliphatic rings. The Hall–Kier alpha value is -6.26. The number of rotatable bonds is 6. The lowest BCUT2D eigenvalue weighted by Crippen LogP contribution is -2.13. The molecule has 238 valence electrons. The van der Waals surface area contributed by atoms with Crippen LogP contribution < -0.4 is 0 Å². The van der Waals surface area contributed by atoms with Crippen molar-refractivity contribution in [3.8, 4) is 45.0 Å². The highest BCUT2D eigenvalue weighted by Crippen LogP contribution is 2.44. The molecule has 0 fully saturated rings. The molecule has 50 heavy (non-hydrogen) atoms. The Balaban J connectivity index is 1.24. The molecule has 0 bridgehead atoms. The summed E-state index contributed by atoms with van der Waals surface area (Å²) >= 11 is 0. The van der Waals surface area contributed by atoms with Gasteiger partial charge in [0.15, 0.2) is 17.5 Å². The van der Waals surface area contributed by atoms with Crippen LogP contribution in [0.1, 0.15) is 25.1 Å². The highest BCUT2D eigenvalue weighted by atomic mass is 15.0. The molecular weight excluding hydrogens is 609 g/mol. The molecule has 2 aliphatic carbocycles. The fraction of sp³-hybridized carbons (Fsp3) is 0.0870. The smallest absolute Gasteiger partial charge is 0.164 e. The van der Waals surface area contributed by atoms with Gasteiger partial charge < -0.3 is 0 Å². The number of benzene rings is 5. The molecule has 9 rings (SSSR count). The van der Waals surface area contributed by atoms with E-state index >= 15 is 0 Å². The lowest BCUT2D eigenvalue weighted by Gasteiger charge is -2.24. The van der Waals surface area contributed by atoms with Gasteiger partial charge >= 0.3 is 0 Å². The summed E-state index contributed by atoms with van der Waals surface area (Å²) in [6.45, 7) is 0. The van der Waals surface area contributed by atoms with Crippen molar-refractivity contribution in [1.29, 1.82) is 0 Å². The third-order valence-corrected chi connectivity index (χ3v) is 9.80. The lowest BCUT2D eigenvalue weighted by atomic mass is 9.82. The Morgan fingerprint density at radius 2 is 1.14 bits per heavy atom. The molecule has 1 unspecified atom stereocenters. The number of hydrogen-bond donors (Lipinski definition) is 0. The Labute approximate surface area is 292 Å². The van der Waals surface area contributed by atoms with E-state index in [1.807, 2.05) is 36.7 Å². The first-order valence-corrected chi connectivity index (χ1v) is 17.3. The molecule has 0 saturated heterocycles. The van der Waals surface area contributed by atoms with E-state index in [9.17, 15) is 0 Å². The van der Waals surface area contributed by atoms with Gasteiger partial charge in [-0.25, -0.2) is 15.0 Å². The highest BCUT2D eigenvalue weighted by molar-refractivity contribution is 6.21. The van der Waals surface area contributed by atoms with Gasteiger partial charge in [0.05, 0.1) is 0 Å². The molecule has 0 aliphatic heterocycles. The van der Waals surface area contributed by atoms with Crippen LogP contribution in [0.3, 0.4) is 0 Å². The third kappa shape index (κ3) is 5.45. The summed E-state index contributed by atoms with van der Waals surface area (Å²) in [5.41, 5.74) is 9.01. The van der Waals surface area contributed by atoms with Gasteiger partial charge in [-0.15, -0.1) is 0 Å². The van der Waals surface area contributed by atoms with Crippen molar-refractivity contribution in [2.75, 3.05) is 0 Å². The van der Waals surface area contributed by atoms with Crippen LogP contribution in [0.2, 0.25) is 0 Å². The molecule has 0 saturated carbocycles. The van der Waals surface area contributed by atoms with Crippen LogP contribution in [-0.2, 0) is 0 Å². The molecule has 7 aromatic rings. The fourth-order valence-electron chi connectivity index (χ4n) is 7.49. The summed E-state index contributed by atoms with van der Waals surface area (Å²) in [6, 6.07) is 40.5. The second-order valence-corrected chi connectivity index (χ2v) is 12.9. The zero-order valence-corrected chi connectivity index (χ0v) is 27.6. The molecule has 2 heterocycles. The molecular formula is C46H34N4. The normalized spacial score (nSPS) is 15.6. The predicted molar refractivity (Wildman–Crippen MR) is 206 cm³/mol. The van der Waals surface area contributed by atoms with Gasteiger partial charge in [-0.2, -0.15) is 0 Å². The largest absolute Gasteiger partial charge is 0.264 e. The van der Waals surface area contributed by atoms with Crippen molar-refractivity contribution in [1.82, 2.24) is 19.9 Å². The molecule has 0 radical (unpaired) electrons. The van der Waals surface area contributed by atoms with Crippen molar-refractivity contribution in [2.24, 2.45) is 5.92 Å². The van der Waals surface area contributed by atoms with Gasteiger partial charge in [-0.05, 0) is 75.2 Å². The number of aromatic nitrogens is 4. The first-order chi connectivity index (χ1) is 24.8. The number of allylic oxidation sites excluding steroid dienone is 8. The average molecular weight is 643 g/mol. The van der Waals surface area contributed by atoms with E-state index in [4.69, 9.17) is 15.0 Å². The molecule has 2 aromatic heterocycles. The summed E-state index contributed by atoms with van der Waals surface area (Å²) in [7, 11) is 0. The van der Waals surface area contributed by atoms with Crippen LogP contribution in [0.15, 0.2) is 170 Å². The summed E-state index contributed by atoms with van der Waals surface area (Å²) in [5, 5.41) is 4.78. The predicted octanol–water partition coefficient (Wildman–Crippen LogP) is 11.5. The van der Waals surface area contributed by atoms with E-state index in [2.05, 4.69) is 132 Å². The number of pyridine rings is 1. The van der Waals surface area contributed by atoms with Crippen LogP contribution in [0.4, 0.5) is 0 Å². The molecule has 5 aromatic carbocycles. The zero-order valence-electron chi connectivity index (χ0n) is 27.6. The second-order valence-electron chi connectivity index (χ2n) is 12.9. The lowest BCUT2D eigenvalue weighted by molar-refractivity contribution is 0.778. The second kappa shape index (κ2) is 13.0. The standard InChI is InChI=1S/C46H34N4/c1-3-15-31(16-4-1)36-22-7-12-27-41(36)46-49-44(32-17-5-2-6-18-32)48-45(50-46)34-20-13-19-33(29-34)42-37-23-8-10-25-39(37)43(35-21-14-28-47-30-35)40-26-11-9-24-38(40)42/h2-3,5-21,23-30,36H,1,4,22H2. The maximum atomic E-state index is 5.23. The minimum atomic E-state index is 0.206. The average Bonchev–Trinajstić information content (AvgIpc) is 3.20. The summed E-state index contributed by atoms with van der Waals surface area (Å²) in [5.74, 6) is 2.27. The van der Waals surface area contributed by atoms with Crippen LogP contribution in [0, 0.1) is 5.92 Å². The van der Waals surface area contributed by atoms with Crippen molar-refractivity contribution in [3.05, 3.63) is 176 Å². The Morgan fingerprint density at radius 3 is 1.82 bits per heavy atom. The van der Waals surface area contributed by atoms with E-state index < -0.39 is 0 Å². The Bertz CT molecular complexity index is 2450. The molecule has 4 nitrogen and oxygen atoms in total. The highest BCUT2D eigenvalue weighted by Gasteiger charge is 2.25. The molecule has 0 amide bonds. The van der Waals surface area contributed by atoms with Gasteiger partial charge in [0.2, 0.25) is 0 Å². The first-order valence-electron chi connectivity index (χ1n) is 17.3. The molecule has 0 N–H and O–H groups in total. The Kier molecular flexibility index (Phi) is 7.75. The van der Waals surface area contributed by atoms with E-state index in [0.29, 0.717) is 11.6 Å². The minimum Gasteiger partial charge on any atom is -0.264 e. The topological polar surface area (TPSA) is 51.6 Å². The van der Waals surface area contributed by atoms with E-state index in [1.54, 1.807) is 0 Å². The number of fused-ring (bicyclic) bond motifs is 2. The first kappa shape index (κ1) is 29.8. The molecule has 4 heteroatoms. The van der Waals surface area contributed by atoms with Crippen molar-refractivity contribution in [3.63, 3.8) is 0 Å². The van der Waals surface area contributed by atoms with E-state index in [0.717, 1.165) is 52.9 Å². The van der Waals surface area contributed by atoms with Gasteiger partial charge in [0.1, 0.15) is 0 Å². The van der Waals surface area contributed by atoms with Crippen molar-refractivity contribution in [2.45, 2.75) is 19.3 Å². The quantitative estimate of drug-likeness (QED) is 0.169. The maximum Gasteiger partial charge on any atom is 0.164 e. The van der Waals surface area contributed by atoms with Crippen molar-refractivity contribution >= 4 is 27.1 Å². The van der Waals surface area contributed by atoms with Gasteiger partial charge in [-0.1, -0.05) is 140 Å². The molecule has 1 atom stereocenters. The number of nitrogens with zero attached hydrogens (tertiary/aromatic N) is 4. The third-order valence-electron chi connectivity index (χ3n) is 9.80. The van der Waals surface area contributed by atoms with E-state index in [-0.39, 0.29) is 5.92 Å². The van der Waals surface area contributed by atoms with E-state index in [1.165, 1.54) is 38.2 Å².